The molecule has 0 saturated carbocycles. The van der Waals surface area contributed by atoms with Crippen molar-refractivity contribution >= 4 is 22.3 Å². The van der Waals surface area contributed by atoms with E-state index in [1.807, 2.05) is 0 Å². The molecule has 0 unspecified atom stereocenters. The minimum absolute atomic E-state index is 0.0497. The van der Waals surface area contributed by atoms with Crippen LogP contribution in [0.15, 0.2) is 41.5 Å². The fraction of sp³-hybridized carbons (Fsp3) is 0.227. The van der Waals surface area contributed by atoms with Gasteiger partial charge in [0.25, 0.3) is 5.56 Å². The Morgan fingerprint density at radius 1 is 1.23 bits per heavy atom. The van der Waals surface area contributed by atoms with E-state index in [2.05, 4.69) is 25.3 Å². The molecule has 0 radical (unpaired) electrons. The molecule has 3 aromatic heterocycles. The number of rotatable bonds is 7. The number of fused-ring (bicyclic) bond motifs is 1. The molecule has 3 N–H and O–H groups in total. The van der Waals surface area contributed by atoms with Gasteiger partial charge in [-0.2, -0.15) is 0 Å². The zero-order chi connectivity index (χ0) is 22.0. The van der Waals surface area contributed by atoms with E-state index in [9.17, 15) is 9.18 Å². The van der Waals surface area contributed by atoms with Crippen LogP contribution in [0.5, 0.6) is 5.75 Å². The van der Waals surface area contributed by atoms with Crippen molar-refractivity contribution in [3.8, 4) is 17.1 Å². The Morgan fingerprint density at radius 3 is 2.81 bits per heavy atom. The highest BCUT2D eigenvalue weighted by molar-refractivity contribution is 6.03. The predicted molar refractivity (Wildman–Crippen MR) is 116 cm³/mol. The Morgan fingerprint density at radius 2 is 2.06 bits per heavy atom. The van der Waals surface area contributed by atoms with Gasteiger partial charge in [0, 0.05) is 19.5 Å². The Kier molecular flexibility index (Phi) is 5.68. The van der Waals surface area contributed by atoms with Crippen LogP contribution in [-0.2, 0) is 11.2 Å². The minimum atomic E-state index is -0.513. The molecule has 0 fully saturated rings. The summed E-state index contributed by atoms with van der Waals surface area (Å²) in [5.74, 6) is 0.119. The van der Waals surface area contributed by atoms with E-state index < -0.39 is 5.82 Å². The first-order valence-electron chi connectivity index (χ1n) is 9.68. The van der Waals surface area contributed by atoms with E-state index >= 15 is 0 Å². The van der Waals surface area contributed by atoms with Gasteiger partial charge in [-0.1, -0.05) is 6.07 Å². The molecule has 31 heavy (non-hydrogen) atoms. The van der Waals surface area contributed by atoms with E-state index in [-0.39, 0.29) is 11.3 Å². The van der Waals surface area contributed by atoms with Crippen LogP contribution in [0.1, 0.15) is 11.4 Å². The molecule has 1 aromatic carbocycles. The lowest BCUT2D eigenvalue weighted by atomic mass is 10.1. The Hall–Kier alpha value is -3.72. The van der Waals surface area contributed by atoms with Gasteiger partial charge >= 0.3 is 0 Å². The zero-order valence-electron chi connectivity index (χ0n) is 17.4. The van der Waals surface area contributed by atoms with Gasteiger partial charge in [-0.25, -0.2) is 14.4 Å². The average molecular weight is 423 g/mol. The van der Waals surface area contributed by atoms with Crippen LogP contribution in [0.4, 0.5) is 15.8 Å². The number of benzene rings is 1. The summed E-state index contributed by atoms with van der Waals surface area (Å²) in [6, 6.07) is 6.30. The SMILES string of the molecule is COCCc1c[nH]c(=O)c2c(Nc3cccc(F)c3OC)c(-c3ccnc(C)n3)[nH]c12. The highest BCUT2D eigenvalue weighted by Crippen LogP contribution is 2.38. The fourth-order valence-electron chi connectivity index (χ4n) is 3.54. The molecule has 3 heterocycles. The summed E-state index contributed by atoms with van der Waals surface area (Å²) in [6.07, 6.45) is 3.91. The molecule has 160 valence electrons. The molecule has 4 aromatic rings. The van der Waals surface area contributed by atoms with Gasteiger partial charge in [0.1, 0.15) is 5.82 Å². The van der Waals surface area contributed by atoms with Gasteiger partial charge in [0.05, 0.1) is 47.4 Å². The molecule has 0 aliphatic rings. The third-order valence-electron chi connectivity index (χ3n) is 4.96. The third kappa shape index (κ3) is 3.87. The van der Waals surface area contributed by atoms with Crippen LogP contribution < -0.4 is 15.6 Å². The predicted octanol–water partition coefficient (Wildman–Crippen LogP) is 3.70. The lowest BCUT2D eigenvalue weighted by Gasteiger charge is -2.13. The molecule has 0 atom stereocenters. The summed E-state index contributed by atoms with van der Waals surface area (Å²) < 4.78 is 24.7. The van der Waals surface area contributed by atoms with Crippen molar-refractivity contribution in [3.05, 3.63) is 64.2 Å². The second-order valence-electron chi connectivity index (χ2n) is 6.95. The van der Waals surface area contributed by atoms with Crippen molar-refractivity contribution in [3.63, 3.8) is 0 Å². The van der Waals surface area contributed by atoms with Crippen LogP contribution in [0.2, 0.25) is 0 Å². The first kappa shape index (κ1) is 20.5. The number of halogens is 1. The molecule has 9 heteroatoms. The van der Waals surface area contributed by atoms with Crippen LogP contribution in [0.25, 0.3) is 22.3 Å². The highest BCUT2D eigenvalue weighted by Gasteiger charge is 2.21. The standard InChI is InChI=1S/C22H22FN5O3/c1-12-24-9-7-15(26-12)19-20(27-16-6-4-5-14(23)21(16)31-3)17-18(28-19)13(8-10-30-2)11-25-22(17)29/h4-7,9,11,27-28H,8,10H2,1-3H3,(H,25,29). The quantitative estimate of drug-likeness (QED) is 0.419. The number of aryl methyl sites for hydroxylation is 1. The molecule has 0 aliphatic heterocycles. The lowest BCUT2D eigenvalue weighted by molar-refractivity contribution is 0.202. The highest BCUT2D eigenvalue weighted by atomic mass is 19.1. The maximum atomic E-state index is 14.3. The van der Waals surface area contributed by atoms with Crippen molar-refractivity contribution in [2.45, 2.75) is 13.3 Å². The molecular weight excluding hydrogens is 401 g/mol. The number of pyridine rings is 1. The smallest absolute Gasteiger partial charge is 0.259 e. The summed E-state index contributed by atoms with van der Waals surface area (Å²) in [7, 11) is 3.01. The van der Waals surface area contributed by atoms with Crippen molar-refractivity contribution < 1.29 is 13.9 Å². The van der Waals surface area contributed by atoms with Crippen LogP contribution in [0, 0.1) is 12.7 Å². The van der Waals surface area contributed by atoms with E-state index in [4.69, 9.17) is 9.47 Å². The van der Waals surface area contributed by atoms with Gasteiger partial charge in [0.15, 0.2) is 11.6 Å². The molecule has 4 rings (SSSR count). The number of aromatic amines is 2. The summed E-state index contributed by atoms with van der Waals surface area (Å²) in [4.78, 5) is 27.6. The van der Waals surface area contributed by atoms with E-state index in [0.29, 0.717) is 52.5 Å². The first-order chi connectivity index (χ1) is 15.0. The number of methoxy groups -OCH3 is 2. The van der Waals surface area contributed by atoms with Crippen molar-refractivity contribution in [2.75, 3.05) is 26.1 Å². The number of hydrogen-bond acceptors (Lipinski definition) is 6. The molecule has 0 saturated heterocycles. The van der Waals surface area contributed by atoms with Crippen molar-refractivity contribution in [1.29, 1.82) is 0 Å². The molecule has 0 spiro atoms. The van der Waals surface area contributed by atoms with Gasteiger partial charge in [0.2, 0.25) is 0 Å². The number of hydrogen-bond donors (Lipinski definition) is 3. The summed E-state index contributed by atoms with van der Waals surface area (Å²) in [5, 5.41) is 3.60. The fourth-order valence-corrected chi connectivity index (χ4v) is 3.54. The number of para-hydroxylation sites is 1. The first-order valence-corrected chi connectivity index (χ1v) is 9.68. The van der Waals surface area contributed by atoms with E-state index in [0.717, 1.165) is 5.56 Å². The zero-order valence-corrected chi connectivity index (χ0v) is 17.4. The molecule has 0 bridgehead atoms. The van der Waals surface area contributed by atoms with Crippen LogP contribution >= 0.6 is 0 Å². The van der Waals surface area contributed by atoms with Gasteiger partial charge < -0.3 is 24.8 Å². The third-order valence-corrected chi connectivity index (χ3v) is 4.96. The number of nitrogens with zero attached hydrogens (tertiary/aromatic N) is 2. The topological polar surface area (TPSA) is 105 Å². The van der Waals surface area contributed by atoms with E-state index in [1.54, 1.807) is 44.6 Å². The number of aromatic nitrogens is 4. The van der Waals surface area contributed by atoms with Crippen LogP contribution in [-0.4, -0.2) is 40.8 Å². The average Bonchev–Trinajstić information content (AvgIpc) is 3.14. The number of H-pyrrole nitrogens is 2. The van der Waals surface area contributed by atoms with E-state index in [1.165, 1.54) is 13.2 Å². The lowest BCUT2D eigenvalue weighted by Crippen LogP contribution is -2.09. The second kappa shape index (κ2) is 8.57. The number of nitrogens with one attached hydrogen (secondary N) is 3. The molecule has 8 nitrogen and oxygen atoms in total. The van der Waals surface area contributed by atoms with Crippen molar-refractivity contribution in [1.82, 2.24) is 19.9 Å². The van der Waals surface area contributed by atoms with Gasteiger partial charge in [-0.05, 0) is 37.1 Å². The Labute approximate surface area is 177 Å². The Bertz CT molecular complexity index is 1300. The number of anilines is 2. The molecule has 0 amide bonds. The maximum Gasteiger partial charge on any atom is 0.259 e. The molecular formula is C22H22FN5O3. The minimum Gasteiger partial charge on any atom is -0.492 e. The summed E-state index contributed by atoms with van der Waals surface area (Å²) in [6.45, 7) is 2.27. The second-order valence-corrected chi connectivity index (χ2v) is 6.95. The van der Waals surface area contributed by atoms with Gasteiger partial charge in [-0.3, -0.25) is 4.79 Å². The number of ether oxygens (including phenoxy) is 2. The molecule has 0 aliphatic carbocycles. The summed E-state index contributed by atoms with van der Waals surface area (Å²) >= 11 is 0. The maximum absolute atomic E-state index is 14.3. The normalized spacial score (nSPS) is 11.1. The largest absolute Gasteiger partial charge is 0.492 e. The Balaban J connectivity index is 1.98. The monoisotopic (exact) mass is 423 g/mol. The summed E-state index contributed by atoms with van der Waals surface area (Å²) in [5.41, 5.74) is 3.28. The van der Waals surface area contributed by atoms with Crippen LogP contribution in [0.3, 0.4) is 0 Å². The van der Waals surface area contributed by atoms with Crippen molar-refractivity contribution in [2.24, 2.45) is 0 Å². The van der Waals surface area contributed by atoms with Gasteiger partial charge in [-0.15, -0.1) is 0 Å².